The first-order chi connectivity index (χ1) is 9.93. The smallest absolute Gasteiger partial charge is 0.159 e. The monoisotopic (exact) mass is 297 g/mol. The van der Waals surface area contributed by atoms with E-state index in [1.807, 2.05) is 0 Å². The molecule has 0 bridgehead atoms. The predicted molar refractivity (Wildman–Crippen MR) is 73.8 cm³/mol. The van der Waals surface area contributed by atoms with Gasteiger partial charge in [-0.2, -0.15) is 0 Å². The Labute approximate surface area is 121 Å². The standard InChI is InChI=1S/C14H19NO6/c1-7(17)8-2-4-9(5-3-8)15-14-13(20)12(19)11(18)10(6-16)21-14/h2-5,10-16,18-20H,6H2,1H3/t10-,11-,12+,13-,14?/m1/s1. The quantitative estimate of drug-likeness (QED) is 0.457. The van der Waals surface area contributed by atoms with Crippen molar-refractivity contribution in [2.45, 2.75) is 37.6 Å². The molecule has 0 aliphatic carbocycles. The van der Waals surface area contributed by atoms with Gasteiger partial charge in [0.25, 0.3) is 0 Å². The number of aliphatic hydroxyl groups excluding tert-OH is 4. The maximum absolute atomic E-state index is 11.2. The van der Waals surface area contributed by atoms with Crippen molar-refractivity contribution in [3.05, 3.63) is 29.8 Å². The molecule has 1 aromatic rings. The summed E-state index contributed by atoms with van der Waals surface area (Å²) in [6.07, 6.45) is -6.11. The third kappa shape index (κ3) is 3.39. The van der Waals surface area contributed by atoms with Crippen LogP contribution in [0.15, 0.2) is 24.3 Å². The average molecular weight is 297 g/mol. The summed E-state index contributed by atoms with van der Waals surface area (Å²) in [5, 5.41) is 41.2. The lowest BCUT2D eigenvalue weighted by Crippen LogP contribution is -2.60. The van der Waals surface area contributed by atoms with Crippen LogP contribution in [0.25, 0.3) is 0 Å². The van der Waals surface area contributed by atoms with Gasteiger partial charge >= 0.3 is 0 Å². The Hall–Kier alpha value is -1.51. The Morgan fingerprint density at radius 2 is 1.76 bits per heavy atom. The van der Waals surface area contributed by atoms with E-state index < -0.39 is 37.3 Å². The molecule has 1 saturated heterocycles. The Morgan fingerprint density at radius 3 is 2.29 bits per heavy atom. The number of ether oxygens (including phenoxy) is 1. The van der Waals surface area contributed by atoms with E-state index >= 15 is 0 Å². The van der Waals surface area contributed by atoms with Gasteiger partial charge in [0.1, 0.15) is 24.4 Å². The first-order valence-corrected chi connectivity index (χ1v) is 6.62. The van der Waals surface area contributed by atoms with E-state index in [0.717, 1.165) is 0 Å². The van der Waals surface area contributed by atoms with Crippen LogP contribution in [0.4, 0.5) is 5.69 Å². The van der Waals surface area contributed by atoms with E-state index in [2.05, 4.69) is 5.32 Å². The third-order valence-electron chi connectivity index (χ3n) is 3.49. The summed E-state index contributed by atoms with van der Waals surface area (Å²) in [4.78, 5) is 11.2. The first-order valence-electron chi connectivity index (χ1n) is 6.62. The molecular weight excluding hydrogens is 278 g/mol. The average Bonchev–Trinajstić information content (AvgIpc) is 2.48. The molecule has 5 N–H and O–H groups in total. The highest BCUT2D eigenvalue weighted by Gasteiger charge is 2.43. The second-order valence-corrected chi connectivity index (χ2v) is 5.03. The van der Waals surface area contributed by atoms with Crippen LogP contribution in [0.2, 0.25) is 0 Å². The van der Waals surface area contributed by atoms with E-state index in [4.69, 9.17) is 9.84 Å². The zero-order valence-electron chi connectivity index (χ0n) is 11.5. The number of anilines is 1. The topological polar surface area (TPSA) is 119 Å². The molecule has 7 nitrogen and oxygen atoms in total. The van der Waals surface area contributed by atoms with E-state index in [1.54, 1.807) is 24.3 Å². The predicted octanol–water partition coefficient (Wildman–Crippen LogP) is -0.899. The van der Waals surface area contributed by atoms with Crippen LogP contribution < -0.4 is 5.32 Å². The van der Waals surface area contributed by atoms with Crippen LogP contribution in [0.1, 0.15) is 17.3 Å². The normalized spacial score (nSPS) is 32.7. The fourth-order valence-electron chi connectivity index (χ4n) is 2.19. The largest absolute Gasteiger partial charge is 0.394 e. The van der Waals surface area contributed by atoms with Crippen molar-refractivity contribution in [1.82, 2.24) is 0 Å². The molecule has 7 heteroatoms. The van der Waals surface area contributed by atoms with Gasteiger partial charge in [0.15, 0.2) is 12.0 Å². The molecule has 0 spiro atoms. The summed E-state index contributed by atoms with van der Waals surface area (Å²) in [5.41, 5.74) is 1.12. The fraction of sp³-hybridized carbons (Fsp3) is 0.500. The van der Waals surface area contributed by atoms with Crippen molar-refractivity contribution in [3.8, 4) is 0 Å². The number of aliphatic hydroxyl groups is 4. The molecule has 5 atom stereocenters. The molecule has 0 amide bonds. The number of carbonyl (C=O) groups is 1. The fourth-order valence-corrected chi connectivity index (χ4v) is 2.19. The van der Waals surface area contributed by atoms with Crippen LogP contribution in [-0.4, -0.2) is 63.5 Å². The van der Waals surface area contributed by atoms with Gasteiger partial charge in [-0.3, -0.25) is 4.79 Å². The number of carbonyl (C=O) groups excluding carboxylic acids is 1. The molecular formula is C14H19NO6. The summed E-state index contributed by atoms with van der Waals surface area (Å²) in [6, 6.07) is 6.51. The van der Waals surface area contributed by atoms with E-state index in [0.29, 0.717) is 11.3 Å². The highest BCUT2D eigenvalue weighted by atomic mass is 16.6. The molecule has 21 heavy (non-hydrogen) atoms. The lowest BCUT2D eigenvalue weighted by molar-refractivity contribution is -0.221. The number of Topliss-reactive ketones (excluding diaryl/α,β-unsaturated/α-hetero) is 1. The van der Waals surface area contributed by atoms with Crippen LogP contribution in [0, 0.1) is 0 Å². The number of benzene rings is 1. The molecule has 0 saturated carbocycles. The van der Waals surface area contributed by atoms with Crippen molar-refractivity contribution in [3.63, 3.8) is 0 Å². The van der Waals surface area contributed by atoms with Crippen molar-refractivity contribution in [2.24, 2.45) is 0 Å². The molecule has 1 aromatic carbocycles. The van der Waals surface area contributed by atoms with Gasteiger partial charge in [0.2, 0.25) is 0 Å². The van der Waals surface area contributed by atoms with E-state index in [-0.39, 0.29) is 5.78 Å². The minimum absolute atomic E-state index is 0.0607. The second kappa shape index (κ2) is 6.50. The Bertz CT molecular complexity index is 489. The van der Waals surface area contributed by atoms with Crippen LogP contribution >= 0.6 is 0 Å². The van der Waals surface area contributed by atoms with Gasteiger partial charge in [-0.25, -0.2) is 0 Å². The Balaban J connectivity index is 2.08. The van der Waals surface area contributed by atoms with Crippen LogP contribution in [0.5, 0.6) is 0 Å². The van der Waals surface area contributed by atoms with Gasteiger partial charge in [-0.1, -0.05) is 0 Å². The highest BCUT2D eigenvalue weighted by Crippen LogP contribution is 2.23. The molecule has 0 radical (unpaired) electrons. The maximum atomic E-state index is 11.2. The minimum Gasteiger partial charge on any atom is -0.394 e. The molecule has 1 aliphatic heterocycles. The number of rotatable bonds is 4. The molecule has 1 heterocycles. The van der Waals surface area contributed by atoms with Crippen molar-refractivity contribution >= 4 is 11.5 Å². The molecule has 116 valence electrons. The number of hydrogen-bond acceptors (Lipinski definition) is 7. The maximum Gasteiger partial charge on any atom is 0.159 e. The van der Waals surface area contributed by atoms with Crippen LogP contribution in [0.3, 0.4) is 0 Å². The molecule has 0 aromatic heterocycles. The van der Waals surface area contributed by atoms with E-state index in [9.17, 15) is 20.1 Å². The molecule has 1 unspecified atom stereocenters. The summed E-state index contributed by atoms with van der Waals surface area (Å²) >= 11 is 0. The minimum atomic E-state index is -1.43. The molecule has 1 aliphatic rings. The highest BCUT2D eigenvalue weighted by molar-refractivity contribution is 5.94. The number of ketones is 1. The Morgan fingerprint density at radius 1 is 1.14 bits per heavy atom. The second-order valence-electron chi connectivity index (χ2n) is 5.03. The first kappa shape index (κ1) is 15.9. The molecule has 2 rings (SSSR count). The van der Waals surface area contributed by atoms with Crippen LogP contribution in [-0.2, 0) is 4.74 Å². The van der Waals surface area contributed by atoms with Gasteiger partial charge < -0.3 is 30.5 Å². The SMILES string of the molecule is CC(=O)c1ccc(NC2O[C@H](CO)[C@@H](O)[C@H](O)[C@H]2O)cc1. The zero-order valence-corrected chi connectivity index (χ0v) is 11.5. The third-order valence-corrected chi connectivity index (χ3v) is 3.49. The van der Waals surface area contributed by atoms with E-state index in [1.165, 1.54) is 6.92 Å². The van der Waals surface area contributed by atoms with Gasteiger partial charge in [-0.15, -0.1) is 0 Å². The lowest BCUT2D eigenvalue weighted by Gasteiger charge is -2.40. The van der Waals surface area contributed by atoms with Crippen molar-refractivity contribution < 1.29 is 30.0 Å². The zero-order chi connectivity index (χ0) is 15.6. The lowest BCUT2D eigenvalue weighted by atomic mass is 9.98. The van der Waals surface area contributed by atoms with Crippen molar-refractivity contribution in [2.75, 3.05) is 11.9 Å². The molecule has 1 fully saturated rings. The van der Waals surface area contributed by atoms with Gasteiger partial charge in [0.05, 0.1) is 6.61 Å². The summed E-state index contributed by atoms with van der Waals surface area (Å²) in [7, 11) is 0. The summed E-state index contributed by atoms with van der Waals surface area (Å²) in [6.45, 7) is 0.979. The number of hydrogen-bond donors (Lipinski definition) is 5. The number of nitrogens with one attached hydrogen (secondary N) is 1. The summed E-state index contributed by atoms with van der Waals surface area (Å²) < 4.78 is 5.32. The van der Waals surface area contributed by atoms with Gasteiger partial charge in [0, 0.05) is 11.3 Å². The summed E-state index contributed by atoms with van der Waals surface area (Å²) in [5.74, 6) is -0.0607. The van der Waals surface area contributed by atoms with Crippen molar-refractivity contribution in [1.29, 1.82) is 0 Å². The van der Waals surface area contributed by atoms with Gasteiger partial charge in [-0.05, 0) is 31.2 Å². The Kier molecular flexibility index (Phi) is 4.92.